The van der Waals surface area contributed by atoms with Gasteiger partial charge in [-0.3, -0.25) is 9.59 Å². The second-order valence-electron chi connectivity index (χ2n) is 4.56. The number of aliphatic carboxylic acids is 1. The van der Waals surface area contributed by atoms with E-state index in [1.165, 1.54) is 0 Å². The van der Waals surface area contributed by atoms with Crippen LogP contribution in [0.2, 0.25) is 0 Å². The van der Waals surface area contributed by atoms with Crippen molar-refractivity contribution in [1.29, 1.82) is 0 Å². The maximum Gasteiger partial charge on any atom is 0.303 e. The lowest BCUT2D eigenvalue weighted by Crippen LogP contribution is -2.44. The van der Waals surface area contributed by atoms with Gasteiger partial charge in [-0.25, -0.2) is 0 Å². The molecule has 5 nitrogen and oxygen atoms in total. The van der Waals surface area contributed by atoms with E-state index in [0.29, 0.717) is 12.5 Å². The van der Waals surface area contributed by atoms with Crippen LogP contribution >= 0.6 is 0 Å². The lowest BCUT2D eigenvalue weighted by Gasteiger charge is -2.23. The predicted octanol–water partition coefficient (Wildman–Crippen LogP) is 0.204. The fraction of sp³-hybridized carbons (Fsp3) is 0.818. The van der Waals surface area contributed by atoms with E-state index in [0.717, 1.165) is 32.4 Å². The minimum atomic E-state index is -0.836. The van der Waals surface area contributed by atoms with Crippen molar-refractivity contribution in [3.8, 4) is 0 Å². The van der Waals surface area contributed by atoms with Gasteiger partial charge in [0.15, 0.2) is 0 Å². The first-order valence-electron chi connectivity index (χ1n) is 5.94. The van der Waals surface area contributed by atoms with Gasteiger partial charge in [-0.05, 0) is 32.2 Å². The van der Waals surface area contributed by atoms with E-state index in [9.17, 15) is 9.59 Å². The molecule has 0 radical (unpaired) electrons. The third-order valence-corrected chi connectivity index (χ3v) is 3.18. The first kappa shape index (κ1) is 11.4. The number of amides is 1. The fourth-order valence-corrected chi connectivity index (χ4v) is 2.17. The lowest BCUT2D eigenvalue weighted by atomic mass is 10.1. The molecular weight excluding hydrogens is 208 g/mol. The Morgan fingerprint density at radius 3 is 2.88 bits per heavy atom. The predicted molar refractivity (Wildman–Crippen MR) is 58.0 cm³/mol. The first-order chi connectivity index (χ1) is 7.68. The zero-order valence-electron chi connectivity index (χ0n) is 9.32. The molecule has 0 aromatic rings. The Balaban J connectivity index is 1.93. The van der Waals surface area contributed by atoms with E-state index >= 15 is 0 Å². The van der Waals surface area contributed by atoms with E-state index in [4.69, 9.17) is 5.11 Å². The summed E-state index contributed by atoms with van der Waals surface area (Å²) >= 11 is 0. The van der Waals surface area contributed by atoms with Crippen molar-refractivity contribution >= 4 is 11.9 Å². The van der Waals surface area contributed by atoms with Crippen molar-refractivity contribution in [2.24, 2.45) is 0 Å². The van der Waals surface area contributed by atoms with Gasteiger partial charge in [0.05, 0.1) is 6.04 Å². The van der Waals surface area contributed by atoms with Gasteiger partial charge in [-0.15, -0.1) is 0 Å². The molecule has 0 aromatic heterocycles. The standard InChI is InChI=1S/C11H18N2O3/c14-10(15)5-4-9-11(16)13(8-2-3-8)7-1-6-12-9/h8-9,12H,1-7H2,(H,14,15). The summed E-state index contributed by atoms with van der Waals surface area (Å²) in [5, 5.41) is 11.8. The SMILES string of the molecule is O=C(O)CCC1NCCCN(C2CC2)C1=O. The van der Waals surface area contributed by atoms with Gasteiger partial charge in [0.25, 0.3) is 0 Å². The number of carboxylic acids is 1. The largest absolute Gasteiger partial charge is 0.481 e. The van der Waals surface area contributed by atoms with Crippen LogP contribution in [0.1, 0.15) is 32.1 Å². The van der Waals surface area contributed by atoms with Gasteiger partial charge in [0.1, 0.15) is 0 Å². The number of nitrogens with zero attached hydrogens (tertiary/aromatic N) is 1. The number of carbonyl (C=O) groups excluding carboxylic acids is 1. The molecule has 1 amide bonds. The van der Waals surface area contributed by atoms with E-state index in [1.807, 2.05) is 4.90 Å². The minimum Gasteiger partial charge on any atom is -0.481 e. The Labute approximate surface area is 94.8 Å². The maximum absolute atomic E-state index is 12.1. The van der Waals surface area contributed by atoms with Gasteiger partial charge in [0.2, 0.25) is 5.91 Å². The van der Waals surface area contributed by atoms with E-state index in [-0.39, 0.29) is 18.4 Å². The molecule has 16 heavy (non-hydrogen) atoms. The van der Waals surface area contributed by atoms with Crippen LogP contribution in [0.15, 0.2) is 0 Å². The van der Waals surface area contributed by atoms with Crippen LogP contribution in [0.25, 0.3) is 0 Å². The second kappa shape index (κ2) is 4.82. The molecule has 1 saturated heterocycles. The highest BCUT2D eigenvalue weighted by atomic mass is 16.4. The Morgan fingerprint density at radius 1 is 1.50 bits per heavy atom. The van der Waals surface area contributed by atoms with Crippen LogP contribution in [0.5, 0.6) is 0 Å². The normalized spacial score (nSPS) is 26.6. The van der Waals surface area contributed by atoms with Crippen molar-refractivity contribution in [2.75, 3.05) is 13.1 Å². The van der Waals surface area contributed by atoms with Crippen LogP contribution < -0.4 is 5.32 Å². The van der Waals surface area contributed by atoms with E-state index in [2.05, 4.69) is 5.32 Å². The lowest BCUT2D eigenvalue weighted by molar-refractivity contribution is -0.137. The van der Waals surface area contributed by atoms with Crippen LogP contribution in [0, 0.1) is 0 Å². The van der Waals surface area contributed by atoms with Crippen molar-refractivity contribution in [3.05, 3.63) is 0 Å². The Kier molecular flexibility index (Phi) is 3.43. The average Bonchev–Trinajstić information content (AvgIpc) is 3.03. The summed E-state index contributed by atoms with van der Waals surface area (Å²) < 4.78 is 0. The molecule has 2 fully saturated rings. The quantitative estimate of drug-likeness (QED) is 0.718. The van der Waals surface area contributed by atoms with Crippen LogP contribution in [-0.2, 0) is 9.59 Å². The molecule has 1 unspecified atom stereocenters. The van der Waals surface area contributed by atoms with Crippen molar-refractivity contribution in [1.82, 2.24) is 10.2 Å². The zero-order chi connectivity index (χ0) is 11.5. The van der Waals surface area contributed by atoms with Crippen molar-refractivity contribution < 1.29 is 14.7 Å². The molecule has 1 aliphatic heterocycles. The van der Waals surface area contributed by atoms with Crippen molar-refractivity contribution in [3.63, 3.8) is 0 Å². The first-order valence-corrected chi connectivity index (χ1v) is 5.94. The average molecular weight is 226 g/mol. The molecule has 2 aliphatic rings. The van der Waals surface area contributed by atoms with Crippen LogP contribution in [-0.4, -0.2) is 47.1 Å². The molecule has 1 saturated carbocycles. The summed E-state index contributed by atoms with van der Waals surface area (Å²) in [6.07, 6.45) is 3.64. The van der Waals surface area contributed by atoms with Gasteiger partial charge >= 0.3 is 5.97 Å². The maximum atomic E-state index is 12.1. The fourth-order valence-electron chi connectivity index (χ4n) is 2.17. The Morgan fingerprint density at radius 2 is 2.25 bits per heavy atom. The molecule has 2 rings (SSSR count). The summed E-state index contributed by atoms with van der Waals surface area (Å²) in [5.74, 6) is -0.738. The molecule has 90 valence electrons. The molecule has 0 bridgehead atoms. The van der Waals surface area contributed by atoms with Gasteiger partial charge in [0, 0.05) is 19.0 Å². The number of carboxylic acid groups (broad SMARTS) is 1. The number of hydrogen-bond acceptors (Lipinski definition) is 3. The summed E-state index contributed by atoms with van der Waals surface area (Å²) in [5.41, 5.74) is 0. The number of nitrogens with one attached hydrogen (secondary N) is 1. The smallest absolute Gasteiger partial charge is 0.303 e. The Hall–Kier alpha value is -1.10. The van der Waals surface area contributed by atoms with E-state index < -0.39 is 5.97 Å². The topological polar surface area (TPSA) is 69.6 Å². The molecule has 1 heterocycles. The minimum absolute atomic E-state index is 0.0575. The molecular formula is C11H18N2O3. The third-order valence-electron chi connectivity index (χ3n) is 3.18. The molecule has 0 aromatic carbocycles. The number of hydrogen-bond donors (Lipinski definition) is 2. The highest BCUT2D eigenvalue weighted by molar-refractivity contribution is 5.83. The number of carbonyl (C=O) groups is 2. The summed E-state index contributed by atoms with van der Waals surface area (Å²) in [7, 11) is 0. The summed E-state index contributed by atoms with van der Waals surface area (Å²) in [4.78, 5) is 24.6. The van der Waals surface area contributed by atoms with E-state index in [1.54, 1.807) is 0 Å². The molecule has 2 N–H and O–H groups in total. The molecule has 1 aliphatic carbocycles. The monoisotopic (exact) mass is 226 g/mol. The molecule has 0 spiro atoms. The van der Waals surface area contributed by atoms with Gasteiger partial charge < -0.3 is 15.3 Å². The molecule has 1 atom stereocenters. The van der Waals surface area contributed by atoms with Crippen molar-refractivity contribution in [2.45, 2.75) is 44.2 Å². The summed E-state index contributed by atoms with van der Waals surface area (Å²) in [6.45, 7) is 1.62. The van der Waals surface area contributed by atoms with Crippen LogP contribution in [0.3, 0.4) is 0 Å². The third kappa shape index (κ3) is 2.72. The highest BCUT2D eigenvalue weighted by Crippen LogP contribution is 2.28. The summed E-state index contributed by atoms with van der Waals surface area (Å²) in [6, 6.07) is 0.138. The second-order valence-corrected chi connectivity index (χ2v) is 4.56. The zero-order valence-corrected chi connectivity index (χ0v) is 9.32. The van der Waals surface area contributed by atoms with Crippen LogP contribution in [0.4, 0.5) is 0 Å². The van der Waals surface area contributed by atoms with Gasteiger partial charge in [-0.2, -0.15) is 0 Å². The highest BCUT2D eigenvalue weighted by Gasteiger charge is 2.36. The Bertz CT molecular complexity index is 289. The van der Waals surface area contributed by atoms with Gasteiger partial charge in [-0.1, -0.05) is 0 Å². The number of rotatable bonds is 4. The molecule has 5 heteroatoms.